The molecule has 0 unspecified atom stereocenters. The summed E-state index contributed by atoms with van der Waals surface area (Å²) >= 11 is 0. The number of rotatable bonds is 7. The average Bonchev–Trinajstić information content (AvgIpc) is 3.53. The number of hydrogen-bond acceptors (Lipinski definition) is 4. The van der Waals surface area contributed by atoms with Gasteiger partial charge in [-0.2, -0.15) is 0 Å². The van der Waals surface area contributed by atoms with E-state index >= 15 is 0 Å². The fourth-order valence-corrected chi connectivity index (χ4v) is 5.17. The number of aromatic amines is 2. The number of benzene rings is 2. The van der Waals surface area contributed by atoms with Gasteiger partial charge in [-0.3, -0.25) is 4.79 Å². The lowest BCUT2D eigenvalue weighted by molar-refractivity contribution is -0.118. The number of imidazole rings is 2. The first-order valence-corrected chi connectivity index (χ1v) is 12.7. The van der Waals surface area contributed by atoms with Gasteiger partial charge < -0.3 is 14.7 Å². The van der Waals surface area contributed by atoms with Crippen molar-refractivity contribution in [1.82, 2.24) is 19.9 Å². The molecule has 4 aromatic rings. The van der Waals surface area contributed by atoms with Crippen molar-refractivity contribution in [2.45, 2.75) is 65.4 Å². The van der Waals surface area contributed by atoms with Crippen molar-refractivity contribution in [3.63, 3.8) is 0 Å². The molecule has 0 bridgehead atoms. The van der Waals surface area contributed by atoms with E-state index in [1.807, 2.05) is 6.92 Å². The van der Waals surface area contributed by atoms with Gasteiger partial charge in [0.15, 0.2) is 0 Å². The summed E-state index contributed by atoms with van der Waals surface area (Å²) in [6.45, 7) is 4.63. The number of aryl methyl sites for hydroxylation is 3. The average molecular weight is 467 g/mol. The van der Waals surface area contributed by atoms with Gasteiger partial charge in [-0.25, -0.2) is 9.97 Å². The summed E-state index contributed by atoms with van der Waals surface area (Å²) in [7, 11) is 0. The van der Waals surface area contributed by atoms with Crippen molar-refractivity contribution in [2.75, 3.05) is 0 Å². The van der Waals surface area contributed by atoms with Crippen molar-refractivity contribution >= 4 is 5.78 Å². The Balaban J connectivity index is 1.32. The molecule has 1 aliphatic heterocycles. The number of nitrogens with one attached hydrogen (secondary N) is 2. The van der Waals surface area contributed by atoms with Crippen LogP contribution in [0.1, 0.15) is 61.6 Å². The monoisotopic (exact) mass is 466 g/mol. The maximum Gasteiger partial charge on any atom is 0.140 e. The number of aromatic nitrogens is 4. The van der Waals surface area contributed by atoms with Crippen LogP contribution in [0.2, 0.25) is 0 Å². The van der Waals surface area contributed by atoms with Gasteiger partial charge in [0.2, 0.25) is 0 Å². The molecule has 178 valence electrons. The van der Waals surface area contributed by atoms with Crippen molar-refractivity contribution < 1.29 is 9.53 Å². The van der Waals surface area contributed by atoms with Gasteiger partial charge in [0.25, 0.3) is 0 Å². The molecule has 2 aromatic carbocycles. The van der Waals surface area contributed by atoms with Crippen molar-refractivity contribution in [3.05, 3.63) is 65.0 Å². The van der Waals surface area contributed by atoms with Gasteiger partial charge in [0, 0.05) is 35.2 Å². The largest absolute Gasteiger partial charge is 0.488 e. The summed E-state index contributed by atoms with van der Waals surface area (Å²) < 4.78 is 6.22. The second-order valence-electron chi connectivity index (χ2n) is 9.59. The number of H-pyrrole nitrogens is 2. The zero-order valence-corrected chi connectivity index (χ0v) is 20.3. The molecule has 0 amide bonds. The number of nitrogens with zero attached hydrogens (tertiary/aromatic N) is 2. The highest BCUT2D eigenvalue weighted by molar-refractivity contribution is 5.83. The molecular formula is C29H30N4O2. The lowest BCUT2D eigenvalue weighted by atomic mass is 9.85. The molecule has 0 atom stereocenters. The molecule has 1 aliphatic carbocycles. The Hall–Kier alpha value is -3.67. The number of ketones is 1. The molecule has 2 aliphatic rings. The number of unbranched alkanes of at least 4 members (excludes halogenated alkanes) is 1. The van der Waals surface area contributed by atoms with E-state index in [9.17, 15) is 4.79 Å². The van der Waals surface area contributed by atoms with E-state index in [2.05, 4.69) is 52.2 Å². The van der Waals surface area contributed by atoms with Crippen LogP contribution in [0.3, 0.4) is 0 Å². The second kappa shape index (κ2) is 8.84. The normalized spacial score (nSPS) is 13.4. The predicted molar refractivity (Wildman–Crippen MR) is 136 cm³/mol. The van der Waals surface area contributed by atoms with Crippen LogP contribution < -0.4 is 4.74 Å². The second-order valence-corrected chi connectivity index (χ2v) is 9.59. The Morgan fingerprint density at radius 1 is 1.00 bits per heavy atom. The van der Waals surface area contributed by atoms with Gasteiger partial charge in [-0.1, -0.05) is 26.3 Å². The van der Waals surface area contributed by atoms with Gasteiger partial charge in [0.1, 0.15) is 29.8 Å². The molecule has 3 heterocycles. The van der Waals surface area contributed by atoms with E-state index in [1.165, 1.54) is 34.4 Å². The van der Waals surface area contributed by atoms with Crippen molar-refractivity contribution in [1.29, 1.82) is 0 Å². The van der Waals surface area contributed by atoms with Crippen LogP contribution in [0.25, 0.3) is 33.6 Å². The summed E-state index contributed by atoms with van der Waals surface area (Å²) in [4.78, 5) is 28.0. The highest BCUT2D eigenvalue weighted by atomic mass is 16.5. The summed E-state index contributed by atoms with van der Waals surface area (Å²) in [6.07, 6.45) is 8.03. The zero-order chi connectivity index (χ0) is 23.9. The first kappa shape index (κ1) is 21.8. The Morgan fingerprint density at radius 2 is 1.89 bits per heavy atom. The fraction of sp³-hybridized carbons (Fsp3) is 0.345. The molecule has 2 aromatic heterocycles. The fourth-order valence-electron chi connectivity index (χ4n) is 5.17. The molecule has 2 N–H and O–H groups in total. The SMILES string of the molecule is CCCCc1nc2c([nH]1)CCc1cc3c(cc1-2)COc1cc(-c2cnc(CC(=O)CC)[nH]2)ccc1-3. The van der Waals surface area contributed by atoms with Crippen molar-refractivity contribution in [3.8, 4) is 39.4 Å². The molecule has 0 radical (unpaired) electrons. The van der Waals surface area contributed by atoms with Gasteiger partial charge >= 0.3 is 0 Å². The number of hydrogen-bond donors (Lipinski definition) is 2. The number of ether oxygens (including phenoxy) is 1. The highest BCUT2D eigenvalue weighted by Crippen LogP contribution is 2.43. The first-order chi connectivity index (χ1) is 17.1. The maximum absolute atomic E-state index is 11.8. The molecule has 0 saturated carbocycles. The topological polar surface area (TPSA) is 83.7 Å². The minimum atomic E-state index is 0.179. The molecular weight excluding hydrogens is 436 g/mol. The van der Waals surface area contributed by atoms with Gasteiger partial charge in [-0.05, 0) is 60.2 Å². The molecule has 6 nitrogen and oxygen atoms in total. The summed E-state index contributed by atoms with van der Waals surface area (Å²) in [5, 5.41) is 0. The molecule has 0 fully saturated rings. The third-order valence-corrected chi connectivity index (χ3v) is 7.18. The van der Waals surface area contributed by atoms with Crippen LogP contribution in [0.15, 0.2) is 36.5 Å². The molecule has 0 spiro atoms. The lowest BCUT2D eigenvalue weighted by Crippen LogP contribution is -2.10. The number of carbonyl (C=O) groups excluding carboxylic acids is 1. The van der Waals surface area contributed by atoms with Crippen LogP contribution >= 0.6 is 0 Å². The number of carbonyl (C=O) groups is 1. The summed E-state index contributed by atoms with van der Waals surface area (Å²) in [5.41, 5.74) is 10.5. The van der Waals surface area contributed by atoms with E-state index < -0.39 is 0 Å². The third-order valence-electron chi connectivity index (χ3n) is 7.18. The van der Waals surface area contributed by atoms with Crippen LogP contribution in [0, 0.1) is 0 Å². The number of Topliss-reactive ketones (excluding diaryl/α,β-unsaturated/α-hetero) is 1. The lowest BCUT2D eigenvalue weighted by Gasteiger charge is -2.25. The quantitative estimate of drug-likeness (QED) is 0.350. The molecule has 6 heteroatoms. The van der Waals surface area contributed by atoms with Gasteiger partial charge in [0.05, 0.1) is 24.0 Å². The smallest absolute Gasteiger partial charge is 0.140 e. The van der Waals surface area contributed by atoms with E-state index in [4.69, 9.17) is 9.72 Å². The Labute approximate surface area is 205 Å². The van der Waals surface area contributed by atoms with Crippen LogP contribution in [0.5, 0.6) is 5.75 Å². The zero-order valence-electron chi connectivity index (χ0n) is 20.3. The Bertz CT molecular complexity index is 1430. The van der Waals surface area contributed by atoms with Crippen LogP contribution in [-0.4, -0.2) is 25.7 Å². The summed E-state index contributed by atoms with van der Waals surface area (Å²) in [6, 6.07) is 10.9. The Morgan fingerprint density at radius 3 is 2.74 bits per heavy atom. The minimum Gasteiger partial charge on any atom is -0.488 e. The molecule has 35 heavy (non-hydrogen) atoms. The number of fused-ring (bicyclic) bond motifs is 6. The summed E-state index contributed by atoms with van der Waals surface area (Å²) in [5.74, 6) is 2.88. The standard InChI is InChI=1S/C29H30N4O2/c1-3-5-6-27-31-24-10-8-17-11-22-19(12-23(17)29(24)33-27)16-35-26-13-18(7-9-21(22)26)25-15-30-28(32-25)14-20(34)4-2/h7,9,11-13,15H,3-6,8,10,14,16H2,1-2H3,(H,30,32)(H,31,33). The highest BCUT2D eigenvalue weighted by Gasteiger charge is 2.25. The Kier molecular flexibility index (Phi) is 5.51. The van der Waals surface area contributed by atoms with Crippen LogP contribution in [-0.2, 0) is 37.1 Å². The third kappa shape index (κ3) is 3.97. The first-order valence-electron chi connectivity index (χ1n) is 12.7. The predicted octanol–water partition coefficient (Wildman–Crippen LogP) is 5.99. The maximum atomic E-state index is 11.8. The van der Waals surface area contributed by atoms with E-state index in [0.29, 0.717) is 25.3 Å². The molecule has 0 saturated heterocycles. The minimum absolute atomic E-state index is 0.179. The van der Waals surface area contributed by atoms with Crippen molar-refractivity contribution in [2.24, 2.45) is 0 Å². The van der Waals surface area contributed by atoms with Gasteiger partial charge in [-0.15, -0.1) is 0 Å². The molecule has 6 rings (SSSR count). The van der Waals surface area contributed by atoms with E-state index in [1.54, 1.807) is 6.20 Å². The van der Waals surface area contributed by atoms with E-state index in [-0.39, 0.29) is 5.78 Å². The van der Waals surface area contributed by atoms with E-state index in [0.717, 1.165) is 59.8 Å². The van der Waals surface area contributed by atoms with Crippen LogP contribution in [0.4, 0.5) is 0 Å².